The van der Waals surface area contributed by atoms with Crippen LogP contribution in [-0.2, 0) is 5.54 Å². The second kappa shape index (κ2) is 5.50. The van der Waals surface area contributed by atoms with E-state index in [-0.39, 0.29) is 24.1 Å². The van der Waals surface area contributed by atoms with Crippen molar-refractivity contribution in [1.82, 2.24) is 10.1 Å². The number of aromatic nitrogens is 2. The number of nitrogens with zero attached hydrogens (tertiary/aromatic N) is 2. The highest BCUT2D eigenvalue weighted by molar-refractivity contribution is 5.85. The molecular weight excluding hydrogens is 281 g/mol. The molecule has 1 aromatic heterocycles. The summed E-state index contributed by atoms with van der Waals surface area (Å²) in [6, 6.07) is 6.61. The molecule has 3 rings (SSSR count). The molecule has 20 heavy (non-hydrogen) atoms. The highest BCUT2D eigenvalue weighted by Gasteiger charge is 2.39. The Bertz CT molecular complexity index is 598. The first-order valence-electron chi connectivity index (χ1n) is 6.47. The summed E-state index contributed by atoms with van der Waals surface area (Å²) in [4.78, 5) is 4.35. The lowest BCUT2D eigenvalue weighted by molar-refractivity contribution is 0.228. The van der Waals surface area contributed by atoms with E-state index in [1.54, 1.807) is 18.2 Å². The van der Waals surface area contributed by atoms with Crippen molar-refractivity contribution in [2.75, 3.05) is 0 Å². The van der Waals surface area contributed by atoms with Crippen LogP contribution >= 0.6 is 12.4 Å². The Morgan fingerprint density at radius 3 is 2.65 bits per heavy atom. The van der Waals surface area contributed by atoms with Crippen molar-refractivity contribution < 1.29 is 8.91 Å². The van der Waals surface area contributed by atoms with E-state index < -0.39 is 5.54 Å². The van der Waals surface area contributed by atoms with Gasteiger partial charge in [0.15, 0.2) is 5.82 Å². The zero-order valence-electron chi connectivity index (χ0n) is 11.2. The molecular formula is C14H17ClFN3O. The van der Waals surface area contributed by atoms with E-state index in [4.69, 9.17) is 10.3 Å². The predicted molar refractivity (Wildman–Crippen MR) is 75.2 cm³/mol. The molecule has 4 nitrogen and oxygen atoms in total. The molecule has 1 fully saturated rings. The fourth-order valence-electron chi connectivity index (χ4n) is 2.35. The standard InChI is InChI=1S/C14H16FN3O.ClH/c1-9(10-5-2-3-6-11(10)15)12-17-13(18-19-12)14(16)7-4-8-14;/h2-3,5-6,9H,4,7-8,16H2,1H3;1H. The molecule has 2 N–H and O–H groups in total. The summed E-state index contributed by atoms with van der Waals surface area (Å²) in [5.41, 5.74) is 6.25. The molecule has 0 bridgehead atoms. The number of halogens is 2. The third-order valence-electron chi connectivity index (χ3n) is 3.88. The average Bonchev–Trinajstić information content (AvgIpc) is 2.85. The normalized spacial score (nSPS) is 17.9. The van der Waals surface area contributed by atoms with Gasteiger partial charge in [-0.3, -0.25) is 0 Å². The number of rotatable bonds is 3. The Labute approximate surface area is 123 Å². The lowest BCUT2D eigenvalue weighted by Gasteiger charge is -2.34. The van der Waals surface area contributed by atoms with Crippen molar-refractivity contribution in [3.63, 3.8) is 0 Å². The minimum Gasteiger partial charge on any atom is -0.339 e. The van der Waals surface area contributed by atoms with Crippen LogP contribution in [0.25, 0.3) is 0 Å². The molecule has 0 saturated heterocycles. The third kappa shape index (κ3) is 2.43. The van der Waals surface area contributed by atoms with Crippen molar-refractivity contribution in [3.8, 4) is 0 Å². The van der Waals surface area contributed by atoms with Gasteiger partial charge in [0.2, 0.25) is 5.89 Å². The fourth-order valence-corrected chi connectivity index (χ4v) is 2.35. The zero-order valence-corrected chi connectivity index (χ0v) is 12.0. The van der Waals surface area contributed by atoms with Gasteiger partial charge in [0, 0.05) is 0 Å². The summed E-state index contributed by atoms with van der Waals surface area (Å²) < 4.78 is 19.0. The lowest BCUT2D eigenvalue weighted by atomic mass is 9.77. The second-order valence-corrected chi connectivity index (χ2v) is 5.21. The Morgan fingerprint density at radius 1 is 1.35 bits per heavy atom. The predicted octanol–water partition coefficient (Wildman–Crippen LogP) is 3.12. The molecule has 1 atom stereocenters. The van der Waals surface area contributed by atoms with Crippen LogP contribution in [0, 0.1) is 5.82 Å². The molecule has 0 amide bonds. The minimum atomic E-state index is -0.448. The number of nitrogens with two attached hydrogens (primary N) is 1. The van der Waals surface area contributed by atoms with E-state index in [0.717, 1.165) is 19.3 Å². The van der Waals surface area contributed by atoms with Gasteiger partial charge in [-0.25, -0.2) is 4.39 Å². The monoisotopic (exact) mass is 297 g/mol. The van der Waals surface area contributed by atoms with Crippen LogP contribution in [0.1, 0.15) is 49.4 Å². The van der Waals surface area contributed by atoms with Gasteiger partial charge in [0.1, 0.15) is 5.82 Å². The molecule has 0 aliphatic heterocycles. The van der Waals surface area contributed by atoms with Gasteiger partial charge in [0.05, 0.1) is 11.5 Å². The molecule has 0 radical (unpaired) electrons. The van der Waals surface area contributed by atoms with Gasteiger partial charge >= 0.3 is 0 Å². The third-order valence-corrected chi connectivity index (χ3v) is 3.88. The summed E-state index contributed by atoms with van der Waals surface area (Å²) in [6.07, 6.45) is 2.84. The first-order valence-corrected chi connectivity index (χ1v) is 6.47. The van der Waals surface area contributed by atoms with E-state index in [1.165, 1.54) is 6.07 Å². The maximum atomic E-state index is 13.7. The second-order valence-electron chi connectivity index (χ2n) is 5.21. The van der Waals surface area contributed by atoms with E-state index in [9.17, 15) is 4.39 Å². The van der Waals surface area contributed by atoms with Crippen molar-refractivity contribution >= 4 is 12.4 Å². The van der Waals surface area contributed by atoms with Crippen LogP contribution < -0.4 is 5.73 Å². The maximum absolute atomic E-state index is 13.7. The zero-order chi connectivity index (χ0) is 13.5. The molecule has 1 unspecified atom stereocenters. The maximum Gasteiger partial charge on any atom is 0.234 e. The quantitative estimate of drug-likeness (QED) is 0.945. The average molecular weight is 298 g/mol. The Hall–Kier alpha value is -1.46. The Morgan fingerprint density at radius 2 is 2.05 bits per heavy atom. The van der Waals surface area contributed by atoms with Crippen LogP contribution in [0.2, 0.25) is 0 Å². The van der Waals surface area contributed by atoms with Crippen LogP contribution in [-0.4, -0.2) is 10.1 Å². The lowest BCUT2D eigenvalue weighted by Crippen LogP contribution is -2.44. The van der Waals surface area contributed by atoms with Crippen LogP contribution in [0.4, 0.5) is 4.39 Å². The SMILES string of the molecule is CC(c1nc(C2(N)CCC2)no1)c1ccccc1F.Cl. The smallest absolute Gasteiger partial charge is 0.234 e. The molecule has 108 valence electrons. The molecule has 1 aliphatic rings. The molecule has 2 aromatic rings. The molecule has 1 aromatic carbocycles. The fraction of sp³-hybridized carbons (Fsp3) is 0.429. The van der Waals surface area contributed by atoms with E-state index >= 15 is 0 Å². The van der Waals surface area contributed by atoms with Crippen molar-refractivity contribution in [2.24, 2.45) is 5.73 Å². The molecule has 1 heterocycles. The van der Waals surface area contributed by atoms with Crippen LogP contribution in [0.15, 0.2) is 28.8 Å². The van der Waals surface area contributed by atoms with Gasteiger partial charge in [-0.1, -0.05) is 23.4 Å². The van der Waals surface area contributed by atoms with Gasteiger partial charge in [-0.2, -0.15) is 4.98 Å². The van der Waals surface area contributed by atoms with Gasteiger partial charge in [-0.05, 0) is 37.8 Å². The van der Waals surface area contributed by atoms with Gasteiger partial charge in [-0.15, -0.1) is 12.4 Å². The Balaban J connectivity index is 0.00000147. The minimum absolute atomic E-state index is 0. The largest absolute Gasteiger partial charge is 0.339 e. The molecule has 6 heteroatoms. The summed E-state index contributed by atoms with van der Waals surface area (Å²) >= 11 is 0. The highest BCUT2D eigenvalue weighted by atomic mass is 35.5. The van der Waals surface area contributed by atoms with Gasteiger partial charge in [0.25, 0.3) is 0 Å². The summed E-state index contributed by atoms with van der Waals surface area (Å²) in [7, 11) is 0. The first-order chi connectivity index (χ1) is 9.10. The van der Waals surface area contributed by atoms with Crippen LogP contribution in [0.5, 0.6) is 0 Å². The van der Waals surface area contributed by atoms with Crippen LogP contribution in [0.3, 0.4) is 0 Å². The van der Waals surface area contributed by atoms with E-state index in [0.29, 0.717) is 17.3 Å². The van der Waals surface area contributed by atoms with Crippen molar-refractivity contribution in [3.05, 3.63) is 47.4 Å². The number of hydrogen-bond acceptors (Lipinski definition) is 4. The topological polar surface area (TPSA) is 64.9 Å². The first kappa shape index (κ1) is 14.9. The van der Waals surface area contributed by atoms with E-state index in [2.05, 4.69) is 10.1 Å². The van der Waals surface area contributed by atoms with Gasteiger partial charge < -0.3 is 10.3 Å². The van der Waals surface area contributed by atoms with E-state index in [1.807, 2.05) is 6.92 Å². The number of hydrogen-bond donors (Lipinski definition) is 1. The molecule has 1 saturated carbocycles. The number of benzene rings is 1. The van der Waals surface area contributed by atoms with Crippen molar-refractivity contribution in [2.45, 2.75) is 37.6 Å². The summed E-state index contributed by atoms with van der Waals surface area (Å²) in [5.74, 6) is 0.417. The summed E-state index contributed by atoms with van der Waals surface area (Å²) in [6.45, 7) is 1.85. The molecule has 1 aliphatic carbocycles. The van der Waals surface area contributed by atoms with Crippen molar-refractivity contribution in [1.29, 1.82) is 0 Å². The molecule has 0 spiro atoms. The Kier molecular flexibility index (Phi) is 4.11. The summed E-state index contributed by atoms with van der Waals surface area (Å²) in [5, 5.41) is 3.95. The highest BCUT2D eigenvalue weighted by Crippen LogP contribution is 2.37.